The number of rotatable bonds is 14. The van der Waals surface area contributed by atoms with Crippen LogP contribution >= 0.6 is 11.3 Å². The molecule has 19 heteroatoms. The smallest absolute Gasteiger partial charge is 0.420 e. The van der Waals surface area contributed by atoms with E-state index in [4.69, 9.17) is 9.84 Å². The van der Waals surface area contributed by atoms with Crippen molar-refractivity contribution in [2.75, 3.05) is 49.5 Å². The molecule has 15 nitrogen and oxygen atoms in total. The molecule has 3 aromatic carbocycles. The van der Waals surface area contributed by atoms with E-state index in [0.29, 0.717) is 60.4 Å². The molecule has 1 saturated carbocycles. The summed E-state index contributed by atoms with van der Waals surface area (Å²) in [6, 6.07) is 20.3. The Labute approximate surface area is 440 Å². The maximum Gasteiger partial charge on any atom is 0.420 e. The summed E-state index contributed by atoms with van der Waals surface area (Å²) in [5.74, 6) is -0.921. The number of alkyl halides is 3. The number of ether oxygens (including phenoxy) is 1. The number of hydrogen-bond donors (Lipinski definition) is 4. The third-order valence-corrected chi connectivity index (χ3v) is 16.5. The number of unbranched alkanes of at least 4 members (excludes halogenated alkanes) is 1. The van der Waals surface area contributed by atoms with Gasteiger partial charge in [0.25, 0.3) is 5.91 Å². The number of carbonyl (C=O) groups is 3. The molecule has 0 bridgehead atoms. The highest BCUT2D eigenvalue weighted by Crippen LogP contribution is 2.46. The lowest BCUT2D eigenvalue weighted by Gasteiger charge is -2.36. The zero-order valence-electron chi connectivity index (χ0n) is 42.0. The lowest BCUT2D eigenvalue weighted by Crippen LogP contribution is -2.48. The number of imide groups is 1. The Bertz CT molecular complexity index is 3400. The number of hydrogen-bond acceptors (Lipinski definition) is 13. The van der Waals surface area contributed by atoms with Gasteiger partial charge in [0.1, 0.15) is 28.2 Å². The Balaban J connectivity index is 0.688. The number of nitrogens with zero attached hydrogens (tertiary/aromatic N) is 7. The van der Waals surface area contributed by atoms with Crippen LogP contribution in [0.15, 0.2) is 84.6 Å². The van der Waals surface area contributed by atoms with E-state index in [9.17, 15) is 24.6 Å². The highest BCUT2D eigenvalue weighted by Gasteiger charge is 2.40. The number of para-hydroxylation sites is 1. The van der Waals surface area contributed by atoms with Gasteiger partial charge in [0, 0.05) is 69.9 Å². The first-order valence-electron chi connectivity index (χ1n) is 26.1. The van der Waals surface area contributed by atoms with E-state index in [0.717, 1.165) is 102 Å². The molecule has 2 saturated heterocycles. The molecule has 76 heavy (non-hydrogen) atoms. The number of nitrogens with one attached hydrogen (secondary N) is 2. The lowest BCUT2D eigenvalue weighted by atomic mass is 9.84. The molecule has 4 N–H and O–H groups in total. The van der Waals surface area contributed by atoms with Crippen molar-refractivity contribution in [2.24, 2.45) is 13.0 Å². The van der Waals surface area contributed by atoms with E-state index in [1.165, 1.54) is 35.6 Å². The first-order chi connectivity index (χ1) is 36.7. The predicted octanol–water partition coefficient (Wildman–Crippen LogP) is 7.07. The van der Waals surface area contributed by atoms with Crippen LogP contribution in [0, 0.1) is 5.92 Å². The maximum absolute atomic E-state index is 15.2. The number of piperidine rings is 1. The van der Waals surface area contributed by atoms with Gasteiger partial charge < -0.3 is 24.7 Å². The fourth-order valence-electron chi connectivity index (χ4n) is 11.6. The number of aliphatic hydroxyl groups is 2. The fraction of sp³-hybridized carbons (Fsp3) is 0.404. The van der Waals surface area contributed by atoms with E-state index >= 15 is 13.2 Å². The summed E-state index contributed by atoms with van der Waals surface area (Å²) in [7, 11) is 1.87. The number of carbonyl (C=O) groups excluding carboxylic acids is 3. The van der Waals surface area contributed by atoms with Crippen molar-refractivity contribution in [1.29, 1.82) is 0 Å². The van der Waals surface area contributed by atoms with Crippen molar-refractivity contribution in [2.45, 2.75) is 95.2 Å². The topological polar surface area (TPSA) is 178 Å². The largest absolute Gasteiger partial charge is 0.490 e. The van der Waals surface area contributed by atoms with E-state index in [-0.39, 0.29) is 53.3 Å². The number of benzene rings is 3. The van der Waals surface area contributed by atoms with Crippen molar-refractivity contribution in [3.8, 4) is 16.9 Å². The average molecular weight is 1050 g/mol. The van der Waals surface area contributed by atoms with Gasteiger partial charge in [-0.05, 0) is 110 Å². The molecule has 0 radical (unpaired) electrons. The molecule has 3 fully saturated rings. The summed E-state index contributed by atoms with van der Waals surface area (Å²) in [6.45, 7) is 5.17. The monoisotopic (exact) mass is 1050 g/mol. The van der Waals surface area contributed by atoms with Crippen molar-refractivity contribution in [3.63, 3.8) is 0 Å². The number of halogens is 3. The van der Waals surface area contributed by atoms with Gasteiger partial charge in [-0.2, -0.15) is 18.3 Å². The summed E-state index contributed by atoms with van der Waals surface area (Å²) < 4.78 is 54.6. The van der Waals surface area contributed by atoms with Gasteiger partial charge in [-0.15, -0.1) is 0 Å². The van der Waals surface area contributed by atoms with Gasteiger partial charge in [0.05, 0.1) is 38.8 Å². The van der Waals surface area contributed by atoms with E-state index in [1.54, 1.807) is 16.8 Å². The molecule has 394 valence electrons. The van der Waals surface area contributed by atoms with Crippen LogP contribution < -0.4 is 30.8 Å². The first kappa shape index (κ1) is 51.0. The first-order valence-corrected chi connectivity index (χ1v) is 26.9. The van der Waals surface area contributed by atoms with E-state index in [2.05, 4.69) is 41.9 Å². The third kappa shape index (κ3) is 10.6. The summed E-state index contributed by atoms with van der Waals surface area (Å²) in [4.78, 5) is 54.0. The molecule has 0 spiro atoms. The number of fused-ring (bicyclic) bond motifs is 3. The maximum atomic E-state index is 15.2. The molecular formula is C57H58F3N9O6S. The highest BCUT2D eigenvalue weighted by atomic mass is 32.1. The van der Waals surface area contributed by atoms with E-state index < -0.39 is 30.1 Å². The van der Waals surface area contributed by atoms with Gasteiger partial charge in [-0.25, -0.2) is 9.97 Å². The van der Waals surface area contributed by atoms with Crippen LogP contribution in [0.1, 0.15) is 108 Å². The number of aliphatic hydroxyl groups excluding tert-OH is 1. The molecule has 1 atom stereocenters. The molecule has 3 amide bonds. The van der Waals surface area contributed by atoms with Crippen LogP contribution in [0.4, 0.5) is 24.1 Å². The SMILES string of the molecule is Cn1nc(C2CCC(=O)NC2=O)c2c1=C(N1CCN(CCCCC3CCC(Oc4cccc(-c5ccc(N6CCc7cccc(C(=O)Nc8nc9ccccc9s8)c7C6)nc5C(O)O)c4C(F)(F)F)CC3)CC1)C=C=C=2. The fourth-order valence-corrected chi connectivity index (χ4v) is 12.5. The molecule has 2 aliphatic carbocycles. The second-order valence-electron chi connectivity index (χ2n) is 20.3. The summed E-state index contributed by atoms with van der Waals surface area (Å²) >= 11 is 1.38. The molecule has 11 rings (SSSR count). The molecular weight excluding hydrogens is 996 g/mol. The van der Waals surface area contributed by atoms with Gasteiger partial charge in [-0.3, -0.25) is 34.6 Å². The molecule has 3 aliphatic heterocycles. The quantitative estimate of drug-likeness (QED) is 0.0379. The van der Waals surface area contributed by atoms with Crippen molar-refractivity contribution >= 4 is 61.7 Å². The number of anilines is 2. The third-order valence-electron chi connectivity index (χ3n) is 15.5. The Kier molecular flexibility index (Phi) is 14.4. The van der Waals surface area contributed by atoms with E-state index in [1.807, 2.05) is 54.4 Å². The van der Waals surface area contributed by atoms with Gasteiger partial charge in [0.15, 0.2) is 11.4 Å². The second kappa shape index (κ2) is 21.5. The number of aryl methyl sites for hydroxylation is 1. The number of aromatic nitrogens is 4. The molecule has 5 aliphatic rings. The standard InChI is InChI=1S/C57H58F3N9O6S/c1-66-52-40(50(65-66)41-23-25-48(70)63-54(41)72)13-7-15-44(52)68-31-29-67(30-32-68)27-5-4-9-34-18-20-36(21-19-34)75-45-16-8-11-37(49(45)57(58,59)60)38-22-24-47(62-51(38)55(73)74)69-28-26-35-10-6-12-39(42(35)33-69)53(71)64-56-61-43-14-2-3-17-46(43)76-56/h2-3,6,8,10-12,14-17,22,24,34,36,41,55,73-74H,4-5,9,18-21,23,25-33H2,1H3,(H,61,64,71)(H,63,70,72). The Morgan fingerprint density at radius 3 is 2.47 bits per heavy atom. The molecule has 6 aromatic rings. The van der Waals surface area contributed by atoms with Gasteiger partial charge in [-0.1, -0.05) is 72.0 Å². The second-order valence-corrected chi connectivity index (χ2v) is 21.4. The summed E-state index contributed by atoms with van der Waals surface area (Å²) in [6.07, 6.45) is 1.87. The Morgan fingerprint density at radius 1 is 0.895 bits per heavy atom. The lowest BCUT2D eigenvalue weighted by molar-refractivity contribution is -0.139. The van der Waals surface area contributed by atoms with Gasteiger partial charge in [0.2, 0.25) is 11.8 Å². The normalized spacial score (nSPS) is 19.9. The van der Waals surface area contributed by atoms with Crippen molar-refractivity contribution in [1.82, 2.24) is 34.9 Å². The zero-order valence-corrected chi connectivity index (χ0v) is 42.9. The van der Waals surface area contributed by atoms with Crippen LogP contribution in [0.5, 0.6) is 5.75 Å². The van der Waals surface area contributed by atoms with Crippen LogP contribution in [-0.4, -0.2) is 103 Å². The Hall–Kier alpha value is -7.11. The van der Waals surface area contributed by atoms with Gasteiger partial charge >= 0.3 is 6.18 Å². The minimum absolute atomic E-state index is 0.0720. The van der Waals surface area contributed by atoms with Crippen LogP contribution in [0.25, 0.3) is 32.8 Å². The van der Waals surface area contributed by atoms with Crippen molar-refractivity contribution in [3.05, 3.63) is 129 Å². The number of piperazine rings is 1. The summed E-state index contributed by atoms with van der Waals surface area (Å²) in [5.41, 5.74) is 9.31. The number of pyridine rings is 1. The van der Waals surface area contributed by atoms with Crippen LogP contribution in [0.2, 0.25) is 0 Å². The summed E-state index contributed by atoms with van der Waals surface area (Å²) in [5, 5.41) is 33.6. The Morgan fingerprint density at radius 2 is 1.70 bits per heavy atom. The van der Waals surface area contributed by atoms with Crippen LogP contribution in [-0.2, 0) is 35.8 Å². The zero-order chi connectivity index (χ0) is 52.7. The minimum atomic E-state index is -4.83. The number of thiazole rings is 1. The highest BCUT2D eigenvalue weighted by molar-refractivity contribution is 7.22. The number of amides is 3. The molecule has 3 aromatic heterocycles. The van der Waals surface area contributed by atoms with Crippen LogP contribution in [0.3, 0.4) is 0 Å². The molecule has 1 unspecified atom stereocenters. The predicted molar refractivity (Wildman–Crippen MR) is 281 cm³/mol. The van der Waals surface area contributed by atoms with Crippen molar-refractivity contribution < 1.29 is 42.5 Å². The average Bonchev–Trinajstić information content (AvgIpc) is 3.99. The molecule has 6 heterocycles. The minimum Gasteiger partial charge on any atom is -0.490 e.